The molecule has 2 rings (SSSR count). The van der Waals surface area contributed by atoms with Crippen molar-refractivity contribution >= 4 is 11.6 Å². The van der Waals surface area contributed by atoms with Crippen LogP contribution >= 0.6 is 11.6 Å². The van der Waals surface area contributed by atoms with E-state index in [0.717, 1.165) is 6.07 Å². The summed E-state index contributed by atoms with van der Waals surface area (Å²) in [7, 11) is 0. The van der Waals surface area contributed by atoms with Crippen LogP contribution in [0.3, 0.4) is 0 Å². The van der Waals surface area contributed by atoms with Crippen molar-refractivity contribution in [3.05, 3.63) is 34.1 Å². The molecule has 1 heterocycles. The number of piperazine rings is 1. The lowest BCUT2D eigenvalue weighted by Crippen LogP contribution is -2.49. The molecule has 0 amide bonds. The SMILES string of the molecule is Cc1ccc(F)c([C@H](N2CCNCC2)C(F)(F)F)c1Cl. The third-order valence-corrected chi connectivity index (χ3v) is 3.92. The number of hydrogen-bond donors (Lipinski definition) is 1. The fraction of sp³-hybridized carbons (Fsp3) is 0.538. The molecule has 1 N–H and O–H groups in total. The van der Waals surface area contributed by atoms with Gasteiger partial charge in [0.25, 0.3) is 0 Å². The lowest BCUT2D eigenvalue weighted by molar-refractivity contribution is -0.188. The zero-order valence-electron chi connectivity index (χ0n) is 10.9. The molecule has 0 aromatic heterocycles. The van der Waals surface area contributed by atoms with Crippen LogP contribution in [0.15, 0.2) is 12.1 Å². The molecule has 112 valence electrons. The Morgan fingerprint density at radius 2 is 1.85 bits per heavy atom. The van der Waals surface area contributed by atoms with Gasteiger partial charge in [0.05, 0.1) is 5.02 Å². The molecule has 0 bridgehead atoms. The van der Waals surface area contributed by atoms with Crippen LogP contribution < -0.4 is 5.32 Å². The fourth-order valence-corrected chi connectivity index (χ4v) is 2.68. The number of rotatable bonds is 2. The maximum Gasteiger partial charge on any atom is 0.408 e. The Labute approximate surface area is 119 Å². The van der Waals surface area contributed by atoms with Crippen LogP contribution in [-0.2, 0) is 0 Å². The minimum absolute atomic E-state index is 0.147. The summed E-state index contributed by atoms with van der Waals surface area (Å²) in [4.78, 5) is 1.22. The summed E-state index contributed by atoms with van der Waals surface area (Å²) in [6.45, 7) is 2.85. The highest BCUT2D eigenvalue weighted by Crippen LogP contribution is 2.42. The molecule has 0 unspecified atom stereocenters. The van der Waals surface area contributed by atoms with E-state index in [2.05, 4.69) is 5.32 Å². The van der Waals surface area contributed by atoms with Crippen LogP contribution in [0.2, 0.25) is 5.02 Å². The van der Waals surface area contributed by atoms with E-state index < -0.39 is 23.6 Å². The highest BCUT2D eigenvalue weighted by Gasteiger charge is 2.47. The average Bonchev–Trinajstić information content (AvgIpc) is 2.39. The number of nitrogens with one attached hydrogen (secondary N) is 1. The Balaban J connectivity index is 2.49. The fourth-order valence-electron chi connectivity index (χ4n) is 2.42. The van der Waals surface area contributed by atoms with E-state index in [9.17, 15) is 17.6 Å². The monoisotopic (exact) mass is 310 g/mol. The lowest BCUT2D eigenvalue weighted by Gasteiger charge is -2.36. The Hall–Kier alpha value is -0.850. The molecule has 1 aromatic rings. The van der Waals surface area contributed by atoms with Crippen LogP contribution in [0, 0.1) is 12.7 Å². The molecule has 1 atom stereocenters. The molecule has 1 fully saturated rings. The van der Waals surface area contributed by atoms with Crippen LogP contribution in [-0.4, -0.2) is 37.3 Å². The van der Waals surface area contributed by atoms with Crippen molar-refractivity contribution in [2.75, 3.05) is 26.2 Å². The number of benzene rings is 1. The molecule has 2 nitrogen and oxygen atoms in total. The minimum Gasteiger partial charge on any atom is -0.314 e. The van der Waals surface area contributed by atoms with Gasteiger partial charge in [0.15, 0.2) is 0 Å². The van der Waals surface area contributed by atoms with Gasteiger partial charge in [-0.1, -0.05) is 17.7 Å². The first-order chi connectivity index (χ1) is 9.32. The normalized spacial score (nSPS) is 19.1. The smallest absolute Gasteiger partial charge is 0.314 e. The summed E-state index contributed by atoms with van der Waals surface area (Å²) in [5.41, 5.74) is -0.0338. The second-order valence-electron chi connectivity index (χ2n) is 4.82. The van der Waals surface area contributed by atoms with E-state index in [4.69, 9.17) is 11.6 Å². The van der Waals surface area contributed by atoms with Gasteiger partial charge in [-0.15, -0.1) is 0 Å². The Morgan fingerprint density at radius 1 is 1.25 bits per heavy atom. The molecular formula is C13H15ClF4N2. The van der Waals surface area contributed by atoms with Crippen molar-refractivity contribution in [2.24, 2.45) is 0 Å². The van der Waals surface area contributed by atoms with Gasteiger partial charge >= 0.3 is 6.18 Å². The molecule has 1 aromatic carbocycles. The molecule has 20 heavy (non-hydrogen) atoms. The standard InChI is InChI=1S/C13H15ClF4N2/c1-8-2-3-9(15)10(11(8)14)12(13(16,17)18)20-6-4-19-5-7-20/h2-3,12,19H,4-7H2,1H3/t12-/m0/s1. The first-order valence-electron chi connectivity index (χ1n) is 6.28. The third-order valence-electron chi connectivity index (χ3n) is 3.42. The van der Waals surface area contributed by atoms with Crippen LogP contribution in [0.4, 0.5) is 17.6 Å². The molecule has 1 aliphatic rings. The average molecular weight is 311 g/mol. The zero-order valence-corrected chi connectivity index (χ0v) is 11.7. The van der Waals surface area contributed by atoms with E-state index >= 15 is 0 Å². The van der Waals surface area contributed by atoms with Crippen molar-refractivity contribution in [2.45, 2.75) is 19.1 Å². The molecule has 0 aliphatic carbocycles. The summed E-state index contributed by atoms with van der Waals surface area (Å²) in [6.07, 6.45) is -4.57. The molecule has 7 heteroatoms. The summed E-state index contributed by atoms with van der Waals surface area (Å²) in [5, 5.41) is 2.83. The highest BCUT2D eigenvalue weighted by atomic mass is 35.5. The van der Waals surface area contributed by atoms with Gasteiger partial charge in [0.2, 0.25) is 0 Å². The number of halogens is 5. The maximum absolute atomic E-state index is 13.9. The van der Waals surface area contributed by atoms with Gasteiger partial charge in [0, 0.05) is 31.7 Å². The van der Waals surface area contributed by atoms with E-state index in [1.807, 2.05) is 0 Å². The van der Waals surface area contributed by atoms with Crippen molar-refractivity contribution in [3.63, 3.8) is 0 Å². The second-order valence-corrected chi connectivity index (χ2v) is 5.20. The number of hydrogen-bond acceptors (Lipinski definition) is 2. The minimum atomic E-state index is -4.57. The van der Waals surface area contributed by atoms with Gasteiger partial charge < -0.3 is 5.32 Å². The molecular weight excluding hydrogens is 296 g/mol. The summed E-state index contributed by atoms with van der Waals surface area (Å²) >= 11 is 5.94. The van der Waals surface area contributed by atoms with Crippen molar-refractivity contribution in [1.29, 1.82) is 0 Å². The van der Waals surface area contributed by atoms with Gasteiger partial charge in [-0.3, -0.25) is 4.90 Å². The quantitative estimate of drug-likeness (QED) is 0.843. The maximum atomic E-state index is 13.9. The van der Waals surface area contributed by atoms with E-state index in [0.29, 0.717) is 18.7 Å². The topological polar surface area (TPSA) is 15.3 Å². The van der Waals surface area contributed by atoms with Gasteiger partial charge in [-0.25, -0.2) is 4.39 Å². The van der Waals surface area contributed by atoms with Crippen LogP contribution in [0.5, 0.6) is 0 Å². The Kier molecular flexibility index (Phi) is 4.56. The number of nitrogens with zero attached hydrogens (tertiary/aromatic N) is 1. The predicted octanol–water partition coefficient (Wildman–Crippen LogP) is 3.30. The first kappa shape index (κ1) is 15.5. The summed E-state index contributed by atoms with van der Waals surface area (Å²) < 4.78 is 54.1. The van der Waals surface area contributed by atoms with Crippen molar-refractivity contribution in [1.82, 2.24) is 10.2 Å². The van der Waals surface area contributed by atoms with Crippen LogP contribution in [0.1, 0.15) is 17.2 Å². The molecule has 1 aliphatic heterocycles. The van der Waals surface area contributed by atoms with Gasteiger partial charge in [-0.2, -0.15) is 13.2 Å². The van der Waals surface area contributed by atoms with Gasteiger partial charge in [-0.05, 0) is 18.6 Å². The Morgan fingerprint density at radius 3 is 2.40 bits per heavy atom. The predicted molar refractivity (Wildman–Crippen MR) is 69.4 cm³/mol. The zero-order chi connectivity index (χ0) is 14.9. The number of aryl methyl sites for hydroxylation is 1. The molecule has 0 spiro atoms. The van der Waals surface area contributed by atoms with E-state index in [-0.39, 0.29) is 18.1 Å². The van der Waals surface area contributed by atoms with Crippen molar-refractivity contribution in [3.8, 4) is 0 Å². The summed E-state index contributed by atoms with van der Waals surface area (Å²) in [6, 6.07) is 0.418. The summed E-state index contributed by atoms with van der Waals surface area (Å²) in [5.74, 6) is -0.915. The van der Waals surface area contributed by atoms with Crippen LogP contribution in [0.25, 0.3) is 0 Å². The number of alkyl halides is 3. The molecule has 0 radical (unpaired) electrons. The van der Waals surface area contributed by atoms with Gasteiger partial charge in [0.1, 0.15) is 11.9 Å². The largest absolute Gasteiger partial charge is 0.408 e. The lowest BCUT2D eigenvalue weighted by atomic mass is 10.0. The second kappa shape index (κ2) is 5.87. The highest BCUT2D eigenvalue weighted by molar-refractivity contribution is 6.32. The van der Waals surface area contributed by atoms with Crippen molar-refractivity contribution < 1.29 is 17.6 Å². The Bertz CT molecular complexity index is 484. The first-order valence-corrected chi connectivity index (χ1v) is 6.66. The molecule has 1 saturated heterocycles. The van der Waals surface area contributed by atoms with E-state index in [1.54, 1.807) is 6.92 Å². The third kappa shape index (κ3) is 3.07. The van der Waals surface area contributed by atoms with E-state index in [1.165, 1.54) is 11.0 Å². The molecule has 0 saturated carbocycles.